The Morgan fingerprint density at radius 1 is 1.44 bits per heavy atom. The molecule has 1 saturated heterocycles. The number of hydrogen-bond acceptors (Lipinski definition) is 4. The number of likely N-dealkylation sites (tertiary alicyclic amines) is 1. The Morgan fingerprint density at radius 3 is 2.94 bits per heavy atom. The predicted octanol–water partition coefficient (Wildman–Crippen LogP) is 0.879. The summed E-state index contributed by atoms with van der Waals surface area (Å²) in [4.78, 5) is 18.2. The van der Waals surface area contributed by atoms with Gasteiger partial charge in [0.15, 0.2) is 0 Å². The third-order valence-electron chi connectivity index (χ3n) is 3.15. The minimum absolute atomic E-state index is 0.149. The second kappa shape index (κ2) is 6.35. The largest absolute Gasteiger partial charge is 0.399 e. The number of carbonyl (C=O) groups excluding carboxylic acids is 1. The lowest BCUT2D eigenvalue weighted by atomic mass is 10.3. The summed E-state index contributed by atoms with van der Waals surface area (Å²) in [7, 11) is 0. The van der Waals surface area contributed by atoms with Gasteiger partial charge >= 0.3 is 0 Å². The molecule has 2 heterocycles. The maximum Gasteiger partial charge on any atom is 0.269 e. The highest BCUT2D eigenvalue weighted by Gasteiger charge is 2.11. The molecule has 0 unspecified atom stereocenters. The maximum absolute atomic E-state index is 11.8. The molecule has 0 aliphatic carbocycles. The van der Waals surface area contributed by atoms with Crippen molar-refractivity contribution >= 4 is 11.6 Å². The zero-order valence-electron chi connectivity index (χ0n) is 10.6. The number of anilines is 1. The number of rotatable bonds is 5. The summed E-state index contributed by atoms with van der Waals surface area (Å²) in [6, 6.07) is 3.26. The number of hydrogen-bond donors (Lipinski definition) is 2. The lowest BCUT2D eigenvalue weighted by molar-refractivity contribution is 0.0947. The van der Waals surface area contributed by atoms with E-state index in [0.29, 0.717) is 17.9 Å². The number of nitrogen functional groups attached to an aromatic ring is 1. The molecule has 1 aliphatic rings. The van der Waals surface area contributed by atoms with Crippen molar-refractivity contribution in [2.75, 3.05) is 31.9 Å². The molecule has 5 heteroatoms. The fourth-order valence-electron chi connectivity index (χ4n) is 2.17. The number of nitrogens with one attached hydrogen (secondary N) is 1. The van der Waals surface area contributed by atoms with Gasteiger partial charge in [-0.3, -0.25) is 9.78 Å². The lowest BCUT2D eigenvalue weighted by Gasteiger charge is -2.14. The number of pyridine rings is 1. The number of nitrogens with two attached hydrogens (primary N) is 1. The van der Waals surface area contributed by atoms with Crippen LogP contribution in [0.15, 0.2) is 18.3 Å². The Balaban J connectivity index is 1.68. The summed E-state index contributed by atoms with van der Waals surface area (Å²) in [6.45, 7) is 4.14. The van der Waals surface area contributed by atoms with E-state index in [9.17, 15) is 4.79 Å². The van der Waals surface area contributed by atoms with Crippen LogP contribution in [0.25, 0.3) is 0 Å². The van der Waals surface area contributed by atoms with Gasteiger partial charge in [-0.1, -0.05) is 0 Å². The van der Waals surface area contributed by atoms with Gasteiger partial charge in [-0.05, 0) is 51.0 Å². The monoisotopic (exact) mass is 248 g/mol. The van der Waals surface area contributed by atoms with Crippen molar-refractivity contribution in [3.63, 3.8) is 0 Å². The molecule has 0 bridgehead atoms. The van der Waals surface area contributed by atoms with Gasteiger partial charge in [-0.2, -0.15) is 0 Å². The van der Waals surface area contributed by atoms with Crippen LogP contribution in [0, 0.1) is 0 Å². The number of nitrogens with zero attached hydrogens (tertiary/aromatic N) is 2. The van der Waals surface area contributed by atoms with Crippen LogP contribution in [0.5, 0.6) is 0 Å². The smallest absolute Gasteiger partial charge is 0.269 e. The lowest BCUT2D eigenvalue weighted by Crippen LogP contribution is -2.29. The molecular weight excluding hydrogens is 228 g/mol. The van der Waals surface area contributed by atoms with Crippen molar-refractivity contribution < 1.29 is 4.79 Å². The van der Waals surface area contributed by atoms with E-state index >= 15 is 0 Å². The Kier molecular flexibility index (Phi) is 4.52. The molecule has 0 aromatic carbocycles. The number of amides is 1. The van der Waals surface area contributed by atoms with E-state index in [2.05, 4.69) is 15.2 Å². The van der Waals surface area contributed by atoms with E-state index in [4.69, 9.17) is 5.73 Å². The minimum Gasteiger partial charge on any atom is -0.399 e. The fraction of sp³-hybridized carbons (Fsp3) is 0.538. The molecular formula is C13H20N4O. The molecule has 0 radical (unpaired) electrons. The molecule has 3 N–H and O–H groups in total. The first-order valence-corrected chi connectivity index (χ1v) is 6.48. The topological polar surface area (TPSA) is 71.2 Å². The summed E-state index contributed by atoms with van der Waals surface area (Å²) in [5.74, 6) is -0.149. The SMILES string of the molecule is Nc1ccnc(C(=O)NCCCN2CCCC2)c1. The zero-order valence-corrected chi connectivity index (χ0v) is 10.6. The molecule has 18 heavy (non-hydrogen) atoms. The minimum atomic E-state index is -0.149. The van der Waals surface area contributed by atoms with Crippen LogP contribution >= 0.6 is 0 Å². The van der Waals surface area contributed by atoms with Crippen molar-refractivity contribution in [1.29, 1.82) is 0 Å². The standard InChI is InChI=1S/C13H20N4O/c14-11-4-6-15-12(10-11)13(18)16-5-3-9-17-7-1-2-8-17/h4,6,10H,1-3,5,7-9H2,(H2,14,15)(H,16,18). The van der Waals surface area contributed by atoms with E-state index in [1.54, 1.807) is 18.3 Å². The molecule has 0 spiro atoms. The average molecular weight is 248 g/mol. The van der Waals surface area contributed by atoms with Gasteiger partial charge in [0.05, 0.1) is 0 Å². The van der Waals surface area contributed by atoms with E-state index in [1.807, 2.05) is 0 Å². The van der Waals surface area contributed by atoms with Crippen LogP contribution in [-0.4, -0.2) is 42.0 Å². The van der Waals surface area contributed by atoms with Gasteiger partial charge < -0.3 is 16.0 Å². The van der Waals surface area contributed by atoms with Crippen LogP contribution < -0.4 is 11.1 Å². The molecule has 0 atom stereocenters. The van der Waals surface area contributed by atoms with Crippen LogP contribution in [0.3, 0.4) is 0 Å². The van der Waals surface area contributed by atoms with Crippen LogP contribution in [0.2, 0.25) is 0 Å². The average Bonchev–Trinajstić information content (AvgIpc) is 2.87. The second-order valence-corrected chi connectivity index (χ2v) is 4.63. The summed E-state index contributed by atoms with van der Waals surface area (Å²) in [5, 5.41) is 2.87. The fourth-order valence-corrected chi connectivity index (χ4v) is 2.17. The first-order valence-electron chi connectivity index (χ1n) is 6.48. The molecule has 1 aliphatic heterocycles. The second-order valence-electron chi connectivity index (χ2n) is 4.63. The van der Waals surface area contributed by atoms with E-state index in [1.165, 1.54) is 25.9 Å². The Labute approximate surface area is 107 Å². The predicted molar refractivity (Wildman–Crippen MR) is 71.3 cm³/mol. The van der Waals surface area contributed by atoms with Crippen molar-refractivity contribution in [3.05, 3.63) is 24.0 Å². The van der Waals surface area contributed by atoms with Crippen LogP contribution in [0.1, 0.15) is 29.8 Å². The van der Waals surface area contributed by atoms with Gasteiger partial charge in [-0.25, -0.2) is 0 Å². The van der Waals surface area contributed by atoms with Crippen LogP contribution in [-0.2, 0) is 0 Å². The number of aromatic nitrogens is 1. The quantitative estimate of drug-likeness (QED) is 0.759. The number of carbonyl (C=O) groups is 1. The third kappa shape index (κ3) is 3.70. The first-order chi connectivity index (χ1) is 8.75. The molecule has 98 valence electrons. The molecule has 5 nitrogen and oxygen atoms in total. The van der Waals surface area contributed by atoms with Gasteiger partial charge in [0, 0.05) is 18.4 Å². The maximum atomic E-state index is 11.8. The molecule has 0 saturated carbocycles. The normalized spacial score (nSPS) is 15.8. The van der Waals surface area contributed by atoms with Gasteiger partial charge in [0.1, 0.15) is 5.69 Å². The Hall–Kier alpha value is -1.62. The third-order valence-corrected chi connectivity index (χ3v) is 3.15. The van der Waals surface area contributed by atoms with Gasteiger partial charge in [0.25, 0.3) is 5.91 Å². The molecule has 1 aromatic heterocycles. The Morgan fingerprint density at radius 2 is 2.22 bits per heavy atom. The molecule has 1 amide bonds. The zero-order chi connectivity index (χ0) is 12.8. The summed E-state index contributed by atoms with van der Waals surface area (Å²) >= 11 is 0. The summed E-state index contributed by atoms with van der Waals surface area (Å²) in [5.41, 5.74) is 6.55. The highest BCUT2D eigenvalue weighted by molar-refractivity contribution is 5.92. The van der Waals surface area contributed by atoms with Gasteiger partial charge in [-0.15, -0.1) is 0 Å². The van der Waals surface area contributed by atoms with Crippen LogP contribution in [0.4, 0.5) is 5.69 Å². The van der Waals surface area contributed by atoms with E-state index in [-0.39, 0.29) is 5.91 Å². The van der Waals surface area contributed by atoms with Crippen molar-refractivity contribution in [2.24, 2.45) is 0 Å². The van der Waals surface area contributed by atoms with E-state index < -0.39 is 0 Å². The Bertz CT molecular complexity index is 402. The first kappa shape index (κ1) is 12.8. The van der Waals surface area contributed by atoms with Crippen molar-refractivity contribution in [3.8, 4) is 0 Å². The molecule has 1 fully saturated rings. The highest BCUT2D eigenvalue weighted by atomic mass is 16.1. The molecule has 1 aromatic rings. The van der Waals surface area contributed by atoms with Crippen molar-refractivity contribution in [2.45, 2.75) is 19.3 Å². The highest BCUT2D eigenvalue weighted by Crippen LogP contribution is 2.07. The summed E-state index contributed by atoms with van der Waals surface area (Å²) in [6.07, 6.45) is 5.14. The molecule has 2 rings (SSSR count). The van der Waals surface area contributed by atoms with Gasteiger partial charge in [0.2, 0.25) is 0 Å². The van der Waals surface area contributed by atoms with E-state index in [0.717, 1.165) is 13.0 Å². The summed E-state index contributed by atoms with van der Waals surface area (Å²) < 4.78 is 0. The van der Waals surface area contributed by atoms with Crippen molar-refractivity contribution in [1.82, 2.24) is 15.2 Å².